The summed E-state index contributed by atoms with van der Waals surface area (Å²) in [5.41, 5.74) is 1.47. The monoisotopic (exact) mass is 327 g/mol. The number of nitrogens with zero attached hydrogens (tertiary/aromatic N) is 3. The Morgan fingerprint density at radius 2 is 1.46 bits per heavy atom. The van der Waals surface area contributed by atoms with Gasteiger partial charge in [0.1, 0.15) is 0 Å². The van der Waals surface area contributed by atoms with Crippen LogP contribution in [0.25, 0.3) is 0 Å². The van der Waals surface area contributed by atoms with Crippen LogP contribution >= 0.6 is 0 Å². The molecule has 0 N–H and O–H groups in total. The Morgan fingerprint density at radius 3 is 2.17 bits per heavy atom. The third-order valence-electron chi connectivity index (χ3n) is 6.32. The minimum atomic E-state index is 0.797. The zero-order chi connectivity index (χ0) is 16.2. The molecular weight excluding hydrogens is 294 g/mol. The molecule has 3 heterocycles. The molecule has 3 fully saturated rings. The molecule has 1 aromatic rings. The van der Waals surface area contributed by atoms with Gasteiger partial charge in [0.2, 0.25) is 0 Å². The van der Waals surface area contributed by atoms with E-state index < -0.39 is 0 Å². The van der Waals surface area contributed by atoms with Gasteiger partial charge in [-0.25, -0.2) is 0 Å². The number of fused-ring (bicyclic) bond motifs is 2. The fourth-order valence-electron chi connectivity index (χ4n) is 5.06. The summed E-state index contributed by atoms with van der Waals surface area (Å²) >= 11 is 0. The first-order valence-corrected chi connectivity index (χ1v) is 10.1. The zero-order valence-corrected chi connectivity index (χ0v) is 15.1. The van der Waals surface area contributed by atoms with Crippen molar-refractivity contribution in [3.8, 4) is 0 Å². The lowest BCUT2D eigenvalue weighted by Gasteiger charge is -2.50. The Hall–Kier alpha value is -0.900. The SMILES string of the molecule is c1ccc(CN2CC3CCCC(C2)N3CCN2CCCCC2)cc1. The van der Waals surface area contributed by atoms with Gasteiger partial charge in [0, 0.05) is 44.8 Å². The van der Waals surface area contributed by atoms with Crippen molar-refractivity contribution in [2.24, 2.45) is 0 Å². The Kier molecular flexibility index (Phi) is 5.51. The highest BCUT2D eigenvalue weighted by atomic mass is 15.3. The first kappa shape index (κ1) is 16.6. The van der Waals surface area contributed by atoms with Gasteiger partial charge in [-0.2, -0.15) is 0 Å². The second kappa shape index (κ2) is 7.99. The number of hydrogen-bond donors (Lipinski definition) is 0. The highest BCUT2D eigenvalue weighted by Gasteiger charge is 2.36. The van der Waals surface area contributed by atoms with E-state index in [1.165, 1.54) is 83.4 Å². The quantitative estimate of drug-likeness (QED) is 0.822. The lowest BCUT2D eigenvalue weighted by atomic mass is 9.91. The molecule has 132 valence electrons. The van der Waals surface area contributed by atoms with Crippen molar-refractivity contribution in [3.05, 3.63) is 35.9 Å². The summed E-state index contributed by atoms with van der Waals surface area (Å²) in [4.78, 5) is 8.29. The average molecular weight is 328 g/mol. The molecule has 3 heteroatoms. The standard InChI is InChI=1S/C21H33N3/c1-3-8-19(9-4-1)16-23-17-20-10-7-11-21(18-23)24(20)15-14-22-12-5-2-6-13-22/h1,3-4,8-9,20-21H,2,5-7,10-18H2. The average Bonchev–Trinajstić information content (AvgIpc) is 2.61. The molecule has 0 amide bonds. The normalized spacial score (nSPS) is 29.7. The van der Waals surface area contributed by atoms with Crippen LogP contribution in [0.3, 0.4) is 0 Å². The van der Waals surface area contributed by atoms with Crippen LogP contribution in [0.1, 0.15) is 44.1 Å². The van der Waals surface area contributed by atoms with Gasteiger partial charge < -0.3 is 4.90 Å². The predicted octanol–water partition coefficient (Wildman–Crippen LogP) is 3.21. The Labute approximate surface area is 147 Å². The molecule has 2 atom stereocenters. The van der Waals surface area contributed by atoms with Crippen molar-refractivity contribution < 1.29 is 0 Å². The summed E-state index contributed by atoms with van der Waals surface area (Å²) in [5, 5.41) is 0. The van der Waals surface area contributed by atoms with E-state index in [4.69, 9.17) is 0 Å². The summed E-state index contributed by atoms with van der Waals surface area (Å²) < 4.78 is 0. The second-order valence-corrected chi connectivity index (χ2v) is 8.06. The van der Waals surface area contributed by atoms with Gasteiger partial charge in [-0.15, -0.1) is 0 Å². The minimum absolute atomic E-state index is 0.797. The van der Waals surface area contributed by atoms with E-state index in [9.17, 15) is 0 Å². The van der Waals surface area contributed by atoms with E-state index in [-0.39, 0.29) is 0 Å². The number of piperazine rings is 1. The first-order chi connectivity index (χ1) is 11.9. The molecule has 0 aliphatic carbocycles. The molecule has 4 rings (SSSR count). The largest absolute Gasteiger partial charge is 0.302 e. The third-order valence-corrected chi connectivity index (χ3v) is 6.32. The summed E-state index contributed by atoms with van der Waals surface area (Å²) in [6.45, 7) is 8.94. The van der Waals surface area contributed by atoms with E-state index in [1.807, 2.05) is 0 Å². The molecular formula is C21H33N3. The summed E-state index contributed by atoms with van der Waals surface area (Å²) in [6.07, 6.45) is 8.52. The van der Waals surface area contributed by atoms with Crippen LogP contribution in [0, 0.1) is 0 Å². The number of rotatable bonds is 5. The maximum absolute atomic E-state index is 2.87. The van der Waals surface area contributed by atoms with E-state index in [2.05, 4.69) is 45.0 Å². The summed E-state index contributed by atoms with van der Waals surface area (Å²) in [6, 6.07) is 12.6. The predicted molar refractivity (Wildman–Crippen MR) is 100 cm³/mol. The topological polar surface area (TPSA) is 9.72 Å². The lowest BCUT2D eigenvalue weighted by molar-refractivity contribution is -0.0176. The Balaban J connectivity index is 1.32. The van der Waals surface area contributed by atoms with Crippen LogP contribution in [0.4, 0.5) is 0 Å². The lowest BCUT2D eigenvalue weighted by Crippen LogP contribution is -2.61. The van der Waals surface area contributed by atoms with E-state index in [0.717, 1.165) is 18.6 Å². The maximum Gasteiger partial charge on any atom is 0.0235 e. The molecule has 0 saturated carbocycles. The smallest absolute Gasteiger partial charge is 0.0235 e. The van der Waals surface area contributed by atoms with Crippen LogP contribution in [0.15, 0.2) is 30.3 Å². The zero-order valence-electron chi connectivity index (χ0n) is 15.1. The number of piperidine rings is 2. The van der Waals surface area contributed by atoms with Crippen molar-refractivity contribution >= 4 is 0 Å². The first-order valence-electron chi connectivity index (χ1n) is 10.1. The van der Waals surface area contributed by atoms with Crippen molar-refractivity contribution in [3.63, 3.8) is 0 Å². The van der Waals surface area contributed by atoms with Gasteiger partial charge in [0.15, 0.2) is 0 Å². The van der Waals surface area contributed by atoms with Crippen molar-refractivity contribution in [1.82, 2.24) is 14.7 Å². The third kappa shape index (κ3) is 4.01. The molecule has 1 aromatic carbocycles. The molecule has 3 nitrogen and oxygen atoms in total. The van der Waals surface area contributed by atoms with Crippen molar-refractivity contribution in [1.29, 1.82) is 0 Å². The maximum atomic E-state index is 2.87. The second-order valence-electron chi connectivity index (χ2n) is 8.06. The fraction of sp³-hybridized carbons (Fsp3) is 0.714. The van der Waals surface area contributed by atoms with Gasteiger partial charge in [0.05, 0.1) is 0 Å². The Bertz CT molecular complexity index is 483. The molecule has 3 aliphatic rings. The van der Waals surface area contributed by atoms with Gasteiger partial charge in [-0.05, 0) is 44.3 Å². The summed E-state index contributed by atoms with van der Waals surface area (Å²) in [7, 11) is 0. The van der Waals surface area contributed by atoms with Crippen molar-refractivity contribution in [2.45, 2.75) is 57.2 Å². The molecule has 3 aliphatic heterocycles. The van der Waals surface area contributed by atoms with Crippen molar-refractivity contribution in [2.75, 3.05) is 39.3 Å². The molecule has 3 saturated heterocycles. The number of benzene rings is 1. The number of hydrogen-bond acceptors (Lipinski definition) is 3. The van der Waals surface area contributed by atoms with Crippen LogP contribution in [0.2, 0.25) is 0 Å². The van der Waals surface area contributed by atoms with E-state index in [0.29, 0.717) is 0 Å². The number of likely N-dealkylation sites (tertiary alicyclic amines) is 2. The van der Waals surface area contributed by atoms with Gasteiger partial charge in [-0.1, -0.05) is 43.2 Å². The molecule has 0 radical (unpaired) electrons. The minimum Gasteiger partial charge on any atom is -0.302 e. The van der Waals surface area contributed by atoms with Crippen LogP contribution < -0.4 is 0 Å². The van der Waals surface area contributed by atoms with Crippen LogP contribution in [0.5, 0.6) is 0 Å². The highest BCUT2D eigenvalue weighted by Crippen LogP contribution is 2.29. The highest BCUT2D eigenvalue weighted by molar-refractivity contribution is 5.14. The molecule has 24 heavy (non-hydrogen) atoms. The molecule has 0 spiro atoms. The summed E-state index contributed by atoms with van der Waals surface area (Å²) in [5.74, 6) is 0. The van der Waals surface area contributed by atoms with Gasteiger partial charge >= 0.3 is 0 Å². The van der Waals surface area contributed by atoms with E-state index >= 15 is 0 Å². The van der Waals surface area contributed by atoms with Crippen LogP contribution in [-0.4, -0.2) is 66.1 Å². The Morgan fingerprint density at radius 1 is 0.750 bits per heavy atom. The van der Waals surface area contributed by atoms with Crippen LogP contribution in [-0.2, 0) is 6.54 Å². The van der Waals surface area contributed by atoms with E-state index in [1.54, 1.807) is 0 Å². The van der Waals surface area contributed by atoms with Gasteiger partial charge in [0.25, 0.3) is 0 Å². The molecule has 2 bridgehead atoms. The molecule has 0 aromatic heterocycles. The van der Waals surface area contributed by atoms with Gasteiger partial charge in [-0.3, -0.25) is 9.80 Å². The fourth-order valence-corrected chi connectivity index (χ4v) is 5.06. The molecule has 2 unspecified atom stereocenters.